The Balaban J connectivity index is 2.39. The van der Waals surface area contributed by atoms with E-state index < -0.39 is 0 Å². The molecule has 0 atom stereocenters. The Morgan fingerprint density at radius 1 is 1.70 bits per heavy atom. The number of rotatable bonds is 1. The number of hydrogen-bond acceptors (Lipinski definition) is 4. The average molecular weight is 143 g/mol. The molecule has 4 nitrogen and oxygen atoms in total. The molecule has 1 N–H and O–H groups in total. The molecule has 1 rings (SSSR count). The van der Waals surface area contributed by atoms with E-state index in [-0.39, 0.29) is 0 Å². The van der Waals surface area contributed by atoms with Crippen LogP contribution in [0.15, 0.2) is 5.16 Å². The second kappa shape index (κ2) is 3.53. The zero-order chi connectivity index (χ0) is 7.40. The van der Waals surface area contributed by atoms with Crippen LogP contribution >= 0.6 is 0 Å². The van der Waals surface area contributed by atoms with E-state index in [1.807, 2.05) is 7.05 Å². The molecule has 10 heavy (non-hydrogen) atoms. The molecule has 1 heterocycles. The molecule has 0 aromatic carbocycles. The molecule has 0 amide bonds. The summed E-state index contributed by atoms with van der Waals surface area (Å²) < 4.78 is 0. The minimum Gasteiger partial charge on any atom is -0.399 e. The van der Waals surface area contributed by atoms with Gasteiger partial charge in [-0.15, -0.1) is 0 Å². The van der Waals surface area contributed by atoms with Gasteiger partial charge in [0.2, 0.25) is 0 Å². The Morgan fingerprint density at radius 3 is 3.10 bits per heavy atom. The lowest BCUT2D eigenvalue weighted by atomic mass is 10.3. The van der Waals surface area contributed by atoms with Crippen LogP contribution < -0.4 is 5.32 Å². The Labute approximate surface area is 60.8 Å². The summed E-state index contributed by atoms with van der Waals surface area (Å²) in [6.07, 6.45) is 0. The summed E-state index contributed by atoms with van der Waals surface area (Å²) in [4.78, 5) is 6.79. The topological polar surface area (TPSA) is 36.9 Å². The van der Waals surface area contributed by atoms with Crippen molar-refractivity contribution in [3.63, 3.8) is 0 Å². The molecule has 58 valence electrons. The highest BCUT2D eigenvalue weighted by molar-refractivity contribution is 5.88. The van der Waals surface area contributed by atoms with Crippen LogP contribution in [0.1, 0.15) is 0 Å². The second-order valence-corrected chi connectivity index (χ2v) is 2.44. The van der Waals surface area contributed by atoms with E-state index in [4.69, 9.17) is 0 Å². The van der Waals surface area contributed by atoms with Gasteiger partial charge in [0, 0.05) is 19.8 Å². The van der Waals surface area contributed by atoms with Crippen molar-refractivity contribution in [3.05, 3.63) is 0 Å². The van der Waals surface area contributed by atoms with E-state index in [0.717, 1.165) is 25.5 Å². The zero-order valence-corrected chi connectivity index (χ0v) is 6.42. The number of nitrogens with zero attached hydrogens (tertiary/aromatic N) is 2. The molecule has 1 saturated heterocycles. The van der Waals surface area contributed by atoms with Crippen molar-refractivity contribution in [2.45, 2.75) is 0 Å². The second-order valence-electron chi connectivity index (χ2n) is 2.44. The van der Waals surface area contributed by atoms with Crippen molar-refractivity contribution >= 4 is 5.71 Å². The Bertz CT molecular complexity index is 135. The van der Waals surface area contributed by atoms with E-state index in [1.54, 1.807) is 7.11 Å². The molecule has 0 unspecified atom stereocenters. The maximum Gasteiger partial charge on any atom is 0.106 e. The van der Waals surface area contributed by atoms with Crippen LogP contribution in [-0.2, 0) is 4.84 Å². The quantitative estimate of drug-likeness (QED) is 0.502. The van der Waals surface area contributed by atoms with Crippen LogP contribution in [0.2, 0.25) is 0 Å². The van der Waals surface area contributed by atoms with E-state index in [9.17, 15) is 0 Å². The minimum atomic E-state index is 0.845. The predicted molar refractivity (Wildman–Crippen MR) is 39.9 cm³/mol. The Kier molecular flexibility index (Phi) is 2.65. The zero-order valence-electron chi connectivity index (χ0n) is 6.42. The summed E-state index contributed by atoms with van der Waals surface area (Å²) >= 11 is 0. The van der Waals surface area contributed by atoms with Gasteiger partial charge in [-0.05, 0) is 7.05 Å². The lowest BCUT2D eigenvalue weighted by Gasteiger charge is -2.23. The van der Waals surface area contributed by atoms with E-state index in [2.05, 4.69) is 20.2 Å². The molecule has 0 bridgehead atoms. The fraction of sp³-hybridized carbons (Fsp3) is 0.833. The summed E-state index contributed by atoms with van der Waals surface area (Å²) in [5.41, 5.74) is 1.05. The fourth-order valence-corrected chi connectivity index (χ4v) is 1.00. The molecule has 4 heteroatoms. The van der Waals surface area contributed by atoms with Crippen molar-refractivity contribution in [3.8, 4) is 0 Å². The van der Waals surface area contributed by atoms with Crippen LogP contribution in [0, 0.1) is 0 Å². The molecule has 0 spiro atoms. The van der Waals surface area contributed by atoms with Crippen molar-refractivity contribution in [2.24, 2.45) is 5.16 Å². The van der Waals surface area contributed by atoms with Gasteiger partial charge in [-0.1, -0.05) is 5.16 Å². The van der Waals surface area contributed by atoms with Gasteiger partial charge >= 0.3 is 0 Å². The molecule has 0 saturated carbocycles. The molecular weight excluding hydrogens is 130 g/mol. The molecule has 0 aromatic heterocycles. The van der Waals surface area contributed by atoms with Gasteiger partial charge in [-0.2, -0.15) is 0 Å². The third kappa shape index (κ3) is 1.97. The summed E-state index contributed by atoms with van der Waals surface area (Å²) in [7, 11) is 3.61. The fourth-order valence-electron chi connectivity index (χ4n) is 1.00. The van der Waals surface area contributed by atoms with Gasteiger partial charge < -0.3 is 4.84 Å². The third-order valence-corrected chi connectivity index (χ3v) is 1.38. The first-order valence-corrected chi connectivity index (χ1v) is 3.31. The first-order valence-electron chi connectivity index (χ1n) is 3.31. The van der Waals surface area contributed by atoms with Crippen LogP contribution in [0.5, 0.6) is 0 Å². The standard InChI is InChI=1S/C6H13N3O/c1-9-4-6(8-10-2)3-7-5-9/h7H,3-5H2,1-2H3/b8-6+. The monoisotopic (exact) mass is 143 g/mol. The maximum absolute atomic E-state index is 4.65. The summed E-state index contributed by atoms with van der Waals surface area (Å²) in [6.45, 7) is 2.68. The summed E-state index contributed by atoms with van der Waals surface area (Å²) in [6, 6.07) is 0. The number of oxime groups is 1. The molecular formula is C6H13N3O. The summed E-state index contributed by atoms with van der Waals surface area (Å²) in [5.74, 6) is 0. The molecule has 0 radical (unpaired) electrons. The van der Waals surface area contributed by atoms with E-state index >= 15 is 0 Å². The third-order valence-electron chi connectivity index (χ3n) is 1.38. The SMILES string of the molecule is CO/N=C1\CNCN(C)C1. The summed E-state index contributed by atoms with van der Waals surface area (Å²) in [5, 5.41) is 7.03. The van der Waals surface area contributed by atoms with E-state index in [1.165, 1.54) is 0 Å². The first-order chi connectivity index (χ1) is 4.83. The largest absolute Gasteiger partial charge is 0.399 e. The van der Waals surface area contributed by atoms with Crippen molar-refractivity contribution < 1.29 is 4.84 Å². The van der Waals surface area contributed by atoms with Crippen molar-refractivity contribution in [1.82, 2.24) is 10.2 Å². The van der Waals surface area contributed by atoms with Gasteiger partial charge in [-0.25, -0.2) is 0 Å². The number of hydrogen-bond donors (Lipinski definition) is 1. The molecule has 1 aliphatic heterocycles. The molecule has 0 aromatic rings. The predicted octanol–water partition coefficient (Wildman–Crippen LogP) is -0.519. The van der Waals surface area contributed by atoms with Gasteiger partial charge in [0.1, 0.15) is 7.11 Å². The van der Waals surface area contributed by atoms with Gasteiger partial charge in [0.05, 0.1) is 5.71 Å². The molecule has 1 aliphatic rings. The van der Waals surface area contributed by atoms with Gasteiger partial charge in [-0.3, -0.25) is 10.2 Å². The smallest absolute Gasteiger partial charge is 0.106 e. The Morgan fingerprint density at radius 2 is 2.50 bits per heavy atom. The van der Waals surface area contributed by atoms with Crippen LogP contribution in [0.3, 0.4) is 0 Å². The lowest BCUT2D eigenvalue weighted by molar-refractivity contribution is 0.207. The normalized spacial score (nSPS) is 25.2. The highest BCUT2D eigenvalue weighted by Gasteiger charge is 2.10. The average Bonchev–Trinajstić information content (AvgIpc) is 1.88. The van der Waals surface area contributed by atoms with Gasteiger partial charge in [0.15, 0.2) is 0 Å². The van der Waals surface area contributed by atoms with Crippen molar-refractivity contribution in [1.29, 1.82) is 0 Å². The maximum atomic E-state index is 4.65. The molecule has 0 aliphatic carbocycles. The number of nitrogens with one attached hydrogen (secondary N) is 1. The van der Waals surface area contributed by atoms with Crippen LogP contribution in [0.25, 0.3) is 0 Å². The van der Waals surface area contributed by atoms with Crippen LogP contribution in [0.4, 0.5) is 0 Å². The Hall–Kier alpha value is -0.610. The van der Waals surface area contributed by atoms with Crippen LogP contribution in [-0.4, -0.2) is 44.5 Å². The van der Waals surface area contributed by atoms with Crippen molar-refractivity contribution in [2.75, 3.05) is 33.9 Å². The van der Waals surface area contributed by atoms with E-state index in [0.29, 0.717) is 0 Å². The minimum absolute atomic E-state index is 0.845. The molecule has 1 fully saturated rings. The highest BCUT2D eigenvalue weighted by atomic mass is 16.6. The first kappa shape index (κ1) is 7.50. The highest BCUT2D eigenvalue weighted by Crippen LogP contribution is 1.90. The lowest BCUT2D eigenvalue weighted by Crippen LogP contribution is -2.45. The van der Waals surface area contributed by atoms with Gasteiger partial charge in [0.25, 0.3) is 0 Å².